The second-order valence-corrected chi connectivity index (χ2v) is 4.80. The summed E-state index contributed by atoms with van der Waals surface area (Å²) in [4.78, 5) is 0. The Morgan fingerprint density at radius 1 is 1.55 bits per heavy atom. The highest BCUT2D eigenvalue weighted by Gasteiger charge is 2.11. The van der Waals surface area contributed by atoms with E-state index in [1.807, 2.05) is 6.92 Å². The number of H-pyrrole nitrogens is 1. The van der Waals surface area contributed by atoms with Crippen LogP contribution in [0.3, 0.4) is 0 Å². The van der Waals surface area contributed by atoms with Gasteiger partial charge in [-0.1, -0.05) is 17.5 Å². The van der Waals surface area contributed by atoms with Crippen LogP contribution in [0.15, 0.2) is 23.6 Å². The zero-order valence-corrected chi connectivity index (χ0v) is 13.3. The Hall–Kier alpha value is -2.30. The molecule has 1 N–H and O–H groups in total. The molecule has 1 aromatic heterocycles. The predicted molar refractivity (Wildman–Crippen MR) is 87.4 cm³/mol. The van der Waals surface area contributed by atoms with Crippen LogP contribution in [0.25, 0.3) is 0 Å². The van der Waals surface area contributed by atoms with Gasteiger partial charge in [-0.2, -0.15) is 14.9 Å². The van der Waals surface area contributed by atoms with Crippen molar-refractivity contribution in [1.29, 1.82) is 0 Å². The smallest absolute Gasteiger partial charge is 0.216 e. The monoisotopic (exact) mass is 336 g/mol. The van der Waals surface area contributed by atoms with Crippen LogP contribution in [0.5, 0.6) is 11.5 Å². The maximum absolute atomic E-state index is 6.22. The molecule has 0 aliphatic heterocycles. The van der Waals surface area contributed by atoms with Gasteiger partial charge in [0.25, 0.3) is 0 Å². The van der Waals surface area contributed by atoms with Crippen molar-refractivity contribution < 1.29 is 9.47 Å². The number of ether oxygens (including phenoxy) is 2. The summed E-state index contributed by atoms with van der Waals surface area (Å²) in [6, 6.07) is 3.46. The molecule has 0 saturated heterocycles. The normalized spacial score (nSPS) is 10.6. The molecule has 1 heterocycles. The SMILES string of the molecule is C#CCOc1c(Cl)cc(/C=N\n2cn[nH]c2=S)cc1OCC. The van der Waals surface area contributed by atoms with Crippen LogP contribution in [0, 0.1) is 17.1 Å². The molecule has 114 valence electrons. The Labute approximate surface area is 137 Å². The summed E-state index contributed by atoms with van der Waals surface area (Å²) in [5, 5.41) is 10.9. The Kier molecular flexibility index (Phi) is 5.58. The molecule has 6 nitrogen and oxygen atoms in total. The van der Waals surface area contributed by atoms with Crippen molar-refractivity contribution in [2.24, 2.45) is 5.10 Å². The van der Waals surface area contributed by atoms with E-state index in [4.69, 9.17) is 39.7 Å². The molecule has 8 heteroatoms. The molecule has 0 atom stereocenters. The summed E-state index contributed by atoms with van der Waals surface area (Å²) in [6.07, 6.45) is 8.25. The Morgan fingerprint density at radius 3 is 3.00 bits per heavy atom. The fourth-order valence-electron chi connectivity index (χ4n) is 1.63. The first-order chi connectivity index (χ1) is 10.7. The van der Waals surface area contributed by atoms with Gasteiger partial charge in [-0.15, -0.1) is 6.42 Å². The van der Waals surface area contributed by atoms with E-state index in [1.165, 1.54) is 11.0 Å². The van der Waals surface area contributed by atoms with Crippen LogP contribution in [0.2, 0.25) is 5.02 Å². The third kappa shape index (κ3) is 3.87. The summed E-state index contributed by atoms with van der Waals surface area (Å²) in [5.41, 5.74) is 0.726. The molecule has 0 saturated carbocycles. The number of rotatable bonds is 6. The third-order valence-electron chi connectivity index (χ3n) is 2.50. The number of nitrogens with zero attached hydrogens (tertiary/aromatic N) is 3. The molecular weight excluding hydrogens is 324 g/mol. The van der Waals surface area contributed by atoms with Gasteiger partial charge in [-0.3, -0.25) is 5.10 Å². The first-order valence-electron chi connectivity index (χ1n) is 6.34. The number of halogens is 1. The lowest BCUT2D eigenvalue weighted by atomic mass is 10.2. The lowest BCUT2D eigenvalue weighted by molar-refractivity contribution is 0.299. The van der Waals surface area contributed by atoms with Crippen molar-refractivity contribution >= 4 is 30.0 Å². The molecule has 0 bridgehead atoms. The number of nitrogens with one attached hydrogen (secondary N) is 1. The van der Waals surface area contributed by atoms with Crippen LogP contribution in [0.4, 0.5) is 0 Å². The molecule has 2 aromatic rings. The second-order valence-electron chi connectivity index (χ2n) is 4.01. The fraction of sp³-hybridized carbons (Fsp3) is 0.214. The number of hydrogen-bond donors (Lipinski definition) is 1. The fourth-order valence-corrected chi connectivity index (χ4v) is 2.05. The minimum atomic E-state index is 0.109. The minimum absolute atomic E-state index is 0.109. The highest BCUT2D eigenvalue weighted by molar-refractivity contribution is 7.71. The van der Waals surface area contributed by atoms with Crippen LogP contribution < -0.4 is 9.47 Å². The van der Waals surface area contributed by atoms with E-state index in [9.17, 15) is 0 Å². The van der Waals surface area contributed by atoms with Crippen LogP contribution in [0.1, 0.15) is 12.5 Å². The highest BCUT2D eigenvalue weighted by Crippen LogP contribution is 2.36. The van der Waals surface area contributed by atoms with Crippen molar-refractivity contribution in [2.45, 2.75) is 6.92 Å². The van der Waals surface area contributed by atoms with E-state index >= 15 is 0 Å². The maximum atomic E-state index is 6.22. The van der Waals surface area contributed by atoms with Crippen molar-refractivity contribution in [3.8, 4) is 23.8 Å². The van der Waals surface area contributed by atoms with E-state index in [-0.39, 0.29) is 6.61 Å². The van der Waals surface area contributed by atoms with Gasteiger partial charge in [0, 0.05) is 0 Å². The van der Waals surface area contributed by atoms with E-state index in [2.05, 4.69) is 21.2 Å². The highest BCUT2D eigenvalue weighted by atomic mass is 35.5. The summed E-state index contributed by atoms with van der Waals surface area (Å²) in [7, 11) is 0. The molecular formula is C14H13ClN4O2S. The molecule has 22 heavy (non-hydrogen) atoms. The molecule has 0 amide bonds. The molecule has 0 spiro atoms. The zero-order chi connectivity index (χ0) is 15.9. The van der Waals surface area contributed by atoms with Gasteiger partial charge in [0.1, 0.15) is 12.9 Å². The molecule has 0 fully saturated rings. The number of hydrogen-bond acceptors (Lipinski definition) is 5. The summed E-state index contributed by atoms with van der Waals surface area (Å²) in [5.74, 6) is 3.31. The van der Waals surface area contributed by atoms with E-state index in [1.54, 1.807) is 18.3 Å². The van der Waals surface area contributed by atoms with Gasteiger partial charge in [0.05, 0.1) is 17.8 Å². The van der Waals surface area contributed by atoms with Crippen LogP contribution in [-0.2, 0) is 0 Å². The van der Waals surface area contributed by atoms with Crippen LogP contribution in [-0.4, -0.2) is 34.3 Å². The largest absolute Gasteiger partial charge is 0.490 e. The van der Waals surface area contributed by atoms with E-state index < -0.39 is 0 Å². The standard InChI is InChI=1S/C14H13ClN4O2S/c1-3-5-21-13-11(15)6-10(7-12(13)20-4-2)8-17-19-9-16-18-14(19)22/h1,6-9H,4-5H2,2H3,(H,18,22)/b17-8-. The maximum Gasteiger partial charge on any atom is 0.216 e. The lowest BCUT2D eigenvalue weighted by Crippen LogP contribution is -2.01. The molecule has 0 unspecified atom stereocenters. The zero-order valence-electron chi connectivity index (χ0n) is 11.7. The lowest BCUT2D eigenvalue weighted by Gasteiger charge is -2.12. The molecule has 2 rings (SSSR count). The first kappa shape index (κ1) is 16.1. The quantitative estimate of drug-likeness (QED) is 0.500. The van der Waals surface area contributed by atoms with Crippen molar-refractivity contribution in [3.05, 3.63) is 33.8 Å². The van der Waals surface area contributed by atoms with Crippen molar-refractivity contribution in [3.63, 3.8) is 0 Å². The Morgan fingerprint density at radius 2 is 2.36 bits per heavy atom. The van der Waals surface area contributed by atoms with Gasteiger partial charge < -0.3 is 9.47 Å². The minimum Gasteiger partial charge on any atom is -0.490 e. The Bertz CT molecular complexity index is 776. The number of terminal acetylenes is 1. The summed E-state index contributed by atoms with van der Waals surface area (Å²) < 4.78 is 12.8. The van der Waals surface area contributed by atoms with Gasteiger partial charge >= 0.3 is 0 Å². The van der Waals surface area contributed by atoms with E-state index in [0.29, 0.717) is 27.9 Å². The van der Waals surface area contributed by atoms with Gasteiger partial charge in [0.15, 0.2) is 11.5 Å². The second kappa shape index (κ2) is 7.64. The van der Waals surface area contributed by atoms with Crippen molar-refractivity contribution in [2.75, 3.05) is 13.2 Å². The molecule has 0 aliphatic carbocycles. The van der Waals surface area contributed by atoms with Crippen molar-refractivity contribution in [1.82, 2.24) is 14.9 Å². The van der Waals surface area contributed by atoms with Crippen LogP contribution >= 0.6 is 23.8 Å². The van der Waals surface area contributed by atoms with Gasteiger partial charge in [-0.05, 0) is 36.8 Å². The molecule has 0 radical (unpaired) electrons. The Balaban J connectivity index is 2.33. The average molecular weight is 337 g/mol. The summed E-state index contributed by atoms with van der Waals surface area (Å²) in [6.45, 7) is 2.44. The number of aromatic nitrogens is 3. The molecule has 1 aromatic carbocycles. The topological polar surface area (TPSA) is 64.4 Å². The van der Waals surface area contributed by atoms with Gasteiger partial charge in [0.2, 0.25) is 4.77 Å². The third-order valence-corrected chi connectivity index (χ3v) is 3.06. The predicted octanol–water partition coefficient (Wildman–Crippen LogP) is 2.89. The average Bonchev–Trinajstić information content (AvgIpc) is 2.90. The first-order valence-corrected chi connectivity index (χ1v) is 7.13. The summed E-state index contributed by atoms with van der Waals surface area (Å²) >= 11 is 11.2. The number of aromatic amines is 1. The molecule has 0 aliphatic rings. The number of benzene rings is 1. The van der Waals surface area contributed by atoms with E-state index in [0.717, 1.165) is 5.56 Å². The van der Waals surface area contributed by atoms with Gasteiger partial charge in [-0.25, -0.2) is 0 Å².